The molecule has 2 aliphatic rings. The van der Waals surface area contributed by atoms with E-state index >= 15 is 0 Å². The van der Waals surface area contributed by atoms with Crippen molar-refractivity contribution in [2.75, 3.05) is 44.8 Å². The molecule has 1 saturated carbocycles. The van der Waals surface area contributed by atoms with Crippen LogP contribution < -0.4 is 10.2 Å². The van der Waals surface area contributed by atoms with Crippen molar-refractivity contribution in [3.63, 3.8) is 0 Å². The number of carbonyl (C=O) groups excluding carboxylic acids is 2. The number of rotatable bonds is 6. The zero-order valence-electron chi connectivity index (χ0n) is 17.5. The van der Waals surface area contributed by atoms with Gasteiger partial charge < -0.3 is 19.9 Å². The number of hydrogen-bond acceptors (Lipinski definition) is 5. The number of ether oxygens (including phenoxy) is 1. The fraction of sp³-hybridized carbons (Fsp3) is 0.571. The van der Waals surface area contributed by atoms with Crippen LogP contribution in [0.4, 0.5) is 18.9 Å². The molecule has 0 bridgehead atoms. The van der Waals surface area contributed by atoms with Crippen LogP contribution in [0.2, 0.25) is 0 Å². The van der Waals surface area contributed by atoms with Gasteiger partial charge in [0.15, 0.2) is 0 Å². The topological polar surface area (TPSA) is 85.7 Å². The zero-order chi connectivity index (χ0) is 22.8. The van der Waals surface area contributed by atoms with E-state index in [0.29, 0.717) is 6.61 Å². The quantitative estimate of drug-likeness (QED) is 0.688. The highest BCUT2D eigenvalue weighted by Crippen LogP contribution is 2.47. The van der Waals surface area contributed by atoms with E-state index in [1.807, 2.05) is 6.92 Å². The molecule has 0 aromatic heterocycles. The number of nitrogens with one attached hydrogen (secondary N) is 1. The molecular weight excluding hydrogens is 413 g/mol. The molecule has 2 amide bonds. The van der Waals surface area contributed by atoms with Crippen LogP contribution in [0.25, 0.3) is 0 Å². The van der Waals surface area contributed by atoms with Crippen molar-refractivity contribution in [1.82, 2.24) is 10.2 Å². The van der Waals surface area contributed by atoms with Gasteiger partial charge in [0.1, 0.15) is 6.04 Å². The number of nitriles is 1. The number of benzene rings is 1. The first-order chi connectivity index (χ1) is 14.6. The molecule has 7 nitrogen and oxygen atoms in total. The largest absolute Gasteiger partial charge is 0.417 e. The van der Waals surface area contributed by atoms with Gasteiger partial charge in [-0.25, -0.2) is 0 Å². The lowest BCUT2D eigenvalue weighted by Crippen LogP contribution is -2.62. The summed E-state index contributed by atoms with van der Waals surface area (Å²) in [6.07, 6.45) is -3.15. The van der Waals surface area contributed by atoms with Crippen molar-refractivity contribution in [1.29, 1.82) is 5.26 Å². The minimum atomic E-state index is -4.67. The van der Waals surface area contributed by atoms with Gasteiger partial charge >= 0.3 is 6.18 Å². The van der Waals surface area contributed by atoms with Gasteiger partial charge in [-0.3, -0.25) is 9.59 Å². The number of alkyl halides is 3. The van der Waals surface area contributed by atoms with Crippen LogP contribution in [-0.4, -0.2) is 62.7 Å². The van der Waals surface area contributed by atoms with Gasteiger partial charge in [0.25, 0.3) is 0 Å². The predicted molar refractivity (Wildman–Crippen MR) is 106 cm³/mol. The van der Waals surface area contributed by atoms with Gasteiger partial charge in [-0.15, -0.1) is 0 Å². The molecule has 1 atom stereocenters. The summed E-state index contributed by atoms with van der Waals surface area (Å²) >= 11 is 0. The molecule has 1 aromatic carbocycles. The third-order valence-electron chi connectivity index (χ3n) is 5.86. The number of anilines is 1. The van der Waals surface area contributed by atoms with E-state index in [2.05, 4.69) is 5.32 Å². The van der Waals surface area contributed by atoms with E-state index in [4.69, 9.17) is 10.00 Å². The second kappa shape index (κ2) is 8.75. The van der Waals surface area contributed by atoms with E-state index in [1.165, 1.54) is 13.2 Å². The van der Waals surface area contributed by atoms with Gasteiger partial charge in [-0.1, -0.05) is 6.92 Å². The second-order valence-corrected chi connectivity index (χ2v) is 8.14. The lowest BCUT2D eigenvalue weighted by atomic mass is 10.0. The van der Waals surface area contributed by atoms with Crippen LogP contribution in [0.3, 0.4) is 0 Å². The molecular formula is C21H25F3N4O3. The van der Waals surface area contributed by atoms with Crippen LogP contribution in [0.1, 0.15) is 30.9 Å². The average Bonchev–Trinajstić information content (AvgIpc) is 3.50. The molecule has 168 valence electrons. The Hall–Kier alpha value is -2.80. The lowest BCUT2D eigenvalue weighted by molar-refractivity contribution is -0.145. The molecule has 3 rings (SSSR count). The van der Waals surface area contributed by atoms with Crippen LogP contribution >= 0.6 is 0 Å². The van der Waals surface area contributed by atoms with Gasteiger partial charge in [0.05, 0.1) is 23.8 Å². The summed E-state index contributed by atoms with van der Waals surface area (Å²) in [7, 11) is 1.50. The molecule has 1 aliphatic heterocycles. The highest BCUT2D eigenvalue weighted by molar-refractivity contribution is 5.92. The average molecular weight is 438 g/mol. The first-order valence-corrected chi connectivity index (χ1v) is 10.0. The molecule has 10 heteroatoms. The number of hydrogen-bond donors (Lipinski definition) is 1. The fourth-order valence-electron chi connectivity index (χ4n) is 3.69. The molecule has 2 fully saturated rings. The highest BCUT2D eigenvalue weighted by Gasteiger charge is 2.50. The second-order valence-electron chi connectivity index (χ2n) is 8.14. The van der Waals surface area contributed by atoms with Crippen molar-refractivity contribution in [3.05, 3.63) is 29.3 Å². The Morgan fingerprint density at radius 3 is 2.61 bits per heavy atom. The summed E-state index contributed by atoms with van der Waals surface area (Å²) in [5.41, 5.74) is -1.69. The van der Waals surface area contributed by atoms with Crippen molar-refractivity contribution in [3.8, 4) is 6.07 Å². The van der Waals surface area contributed by atoms with E-state index in [1.54, 1.807) is 15.9 Å². The van der Waals surface area contributed by atoms with E-state index < -0.39 is 28.8 Å². The molecule has 1 unspecified atom stereocenters. The Morgan fingerprint density at radius 1 is 1.32 bits per heavy atom. The summed E-state index contributed by atoms with van der Waals surface area (Å²) in [5, 5.41) is 11.7. The summed E-state index contributed by atoms with van der Waals surface area (Å²) in [5.74, 6) is -0.473. The Bertz CT molecular complexity index is 893. The number of amides is 2. The summed E-state index contributed by atoms with van der Waals surface area (Å²) in [6, 6.07) is 4.23. The number of methoxy groups -OCH3 is 1. The van der Waals surface area contributed by atoms with Crippen LogP contribution in [0, 0.1) is 16.7 Å². The van der Waals surface area contributed by atoms with Crippen LogP contribution in [0.15, 0.2) is 18.2 Å². The smallest absolute Gasteiger partial charge is 0.383 e. The molecule has 0 spiro atoms. The minimum absolute atomic E-state index is 0.0594. The monoisotopic (exact) mass is 438 g/mol. The third kappa shape index (κ3) is 4.93. The fourth-order valence-corrected chi connectivity index (χ4v) is 3.69. The van der Waals surface area contributed by atoms with E-state index in [9.17, 15) is 22.8 Å². The lowest BCUT2D eigenvalue weighted by Gasteiger charge is -2.42. The van der Waals surface area contributed by atoms with Gasteiger partial charge in [-0.05, 0) is 31.0 Å². The van der Waals surface area contributed by atoms with Crippen LogP contribution in [0.5, 0.6) is 0 Å². The Labute approximate surface area is 178 Å². The summed E-state index contributed by atoms with van der Waals surface area (Å²) in [6.45, 7) is 2.99. The predicted octanol–water partition coefficient (Wildman–Crippen LogP) is 2.16. The van der Waals surface area contributed by atoms with Crippen molar-refractivity contribution < 1.29 is 27.5 Å². The maximum absolute atomic E-state index is 13.4. The molecule has 1 saturated heterocycles. The number of carbonyl (C=O) groups is 2. The molecule has 1 aliphatic carbocycles. The maximum Gasteiger partial charge on any atom is 0.417 e. The van der Waals surface area contributed by atoms with E-state index in [0.717, 1.165) is 25.0 Å². The molecule has 0 radical (unpaired) electrons. The third-order valence-corrected chi connectivity index (χ3v) is 5.86. The van der Waals surface area contributed by atoms with Gasteiger partial charge in [-0.2, -0.15) is 18.4 Å². The molecule has 1 aromatic rings. The zero-order valence-corrected chi connectivity index (χ0v) is 17.5. The number of nitrogens with zero attached hydrogens (tertiary/aromatic N) is 3. The SMILES string of the molecule is COCCNC(=O)C1CN(c2ccc(C#N)c(C(F)(F)F)c2)CCN1C(=O)C1(C)CC1. The summed E-state index contributed by atoms with van der Waals surface area (Å²) in [4.78, 5) is 29.0. The Kier molecular flexibility index (Phi) is 6.46. The number of halogens is 3. The first-order valence-electron chi connectivity index (χ1n) is 10.0. The van der Waals surface area contributed by atoms with Gasteiger partial charge in [0.2, 0.25) is 11.8 Å². The molecule has 1 N–H and O–H groups in total. The Balaban J connectivity index is 1.85. The normalized spacial score (nSPS) is 20.2. The van der Waals surface area contributed by atoms with Crippen molar-refractivity contribution in [2.45, 2.75) is 32.0 Å². The summed E-state index contributed by atoms with van der Waals surface area (Å²) < 4.78 is 45.0. The number of piperazine rings is 1. The van der Waals surface area contributed by atoms with Crippen molar-refractivity contribution >= 4 is 17.5 Å². The standard InChI is InChI=1S/C21H25F3N4O3/c1-20(5-6-20)19(30)28-9-8-27(13-17(28)18(29)26-7-10-31-2)15-4-3-14(12-25)16(11-15)21(22,23)24/h3-4,11,17H,5-10,13H2,1-2H3,(H,26,29). The maximum atomic E-state index is 13.4. The molecule has 31 heavy (non-hydrogen) atoms. The molecule has 1 heterocycles. The first kappa shape index (κ1) is 22.9. The van der Waals surface area contributed by atoms with E-state index in [-0.39, 0.29) is 43.7 Å². The van der Waals surface area contributed by atoms with Crippen LogP contribution in [-0.2, 0) is 20.5 Å². The Morgan fingerprint density at radius 2 is 2.03 bits per heavy atom. The highest BCUT2D eigenvalue weighted by atomic mass is 19.4. The van der Waals surface area contributed by atoms with Gasteiger partial charge in [0, 0.05) is 44.4 Å². The minimum Gasteiger partial charge on any atom is -0.383 e. The van der Waals surface area contributed by atoms with Crippen molar-refractivity contribution in [2.24, 2.45) is 5.41 Å².